The Hall–Kier alpha value is -2.14. The Morgan fingerprint density at radius 3 is 2.80 bits per heavy atom. The molecule has 108 valence electrons. The van der Waals surface area contributed by atoms with Gasteiger partial charge in [-0.15, -0.1) is 0 Å². The Balaban J connectivity index is 2.69. The SMILES string of the molecule is CCCOCC(=O)Nc1ccc(C)c(/C=C/C(=O)O)c1. The molecule has 0 unspecified atom stereocenters. The van der Waals surface area contributed by atoms with E-state index in [1.54, 1.807) is 12.1 Å². The van der Waals surface area contributed by atoms with Crippen LogP contribution in [-0.2, 0) is 14.3 Å². The van der Waals surface area contributed by atoms with Crippen LogP contribution in [0.5, 0.6) is 0 Å². The van der Waals surface area contributed by atoms with E-state index in [0.717, 1.165) is 23.6 Å². The highest BCUT2D eigenvalue weighted by molar-refractivity contribution is 5.92. The molecule has 0 radical (unpaired) electrons. The summed E-state index contributed by atoms with van der Waals surface area (Å²) in [5.74, 6) is -1.23. The summed E-state index contributed by atoms with van der Waals surface area (Å²) in [5, 5.41) is 11.3. The summed E-state index contributed by atoms with van der Waals surface area (Å²) in [5.41, 5.74) is 2.30. The van der Waals surface area contributed by atoms with Crippen LogP contribution in [0.15, 0.2) is 24.3 Å². The van der Waals surface area contributed by atoms with Crippen molar-refractivity contribution in [2.75, 3.05) is 18.5 Å². The van der Waals surface area contributed by atoms with Crippen molar-refractivity contribution < 1.29 is 19.4 Å². The predicted molar refractivity (Wildman–Crippen MR) is 77.6 cm³/mol. The molecule has 5 nitrogen and oxygen atoms in total. The molecule has 0 heterocycles. The van der Waals surface area contributed by atoms with Crippen LogP contribution in [0.25, 0.3) is 6.08 Å². The van der Waals surface area contributed by atoms with Gasteiger partial charge in [0.1, 0.15) is 6.61 Å². The molecule has 0 atom stereocenters. The van der Waals surface area contributed by atoms with E-state index < -0.39 is 5.97 Å². The van der Waals surface area contributed by atoms with Gasteiger partial charge in [0, 0.05) is 18.4 Å². The van der Waals surface area contributed by atoms with Gasteiger partial charge in [-0.1, -0.05) is 13.0 Å². The predicted octanol–water partition coefficient (Wildman–Crippen LogP) is 2.46. The number of benzene rings is 1. The van der Waals surface area contributed by atoms with E-state index in [0.29, 0.717) is 12.3 Å². The Morgan fingerprint density at radius 1 is 1.40 bits per heavy atom. The maximum Gasteiger partial charge on any atom is 0.328 e. The highest BCUT2D eigenvalue weighted by atomic mass is 16.5. The van der Waals surface area contributed by atoms with Crippen LogP contribution in [0, 0.1) is 6.92 Å². The van der Waals surface area contributed by atoms with Gasteiger partial charge in [0.2, 0.25) is 5.91 Å². The van der Waals surface area contributed by atoms with Crippen LogP contribution in [0.1, 0.15) is 24.5 Å². The lowest BCUT2D eigenvalue weighted by atomic mass is 10.1. The monoisotopic (exact) mass is 277 g/mol. The molecule has 0 saturated heterocycles. The molecule has 5 heteroatoms. The number of hydrogen-bond donors (Lipinski definition) is 2. The second-order valence-corrected chi connectivity index (χ2v) is 4.34. The first-order valence-corrected chi connectivity index (χ1v) is 6.42. The quantitative estimate of drug-likeness (QED) is 0.593. The molecule has 0 aliphatic carbocycles. The maximum atomic E-state index is 11.6. The molecule has 1 rings (SSSR count). The fraction of sp³-hybridized carbons (Fsp3) is 0.333. The van der Waals surface area contributed by atoms with E-state index in [9.17, 15) is 9.59 Å². The third-order valence-corrected chi connectivity index (χ3v) is 2.55. The molecule has 0 aliphatic rings. The van der Waals surface area contributed by atoms with E-state index in [2.05, 4.69) is 5.32 Å². The number of amides is 1. The van der Waals surface area contributed by atoms with Crippen LogP contribution in [0.2, 0.25) is 0 Å². The first-order chi connectivity index (χ1) is 9.52. The highest BCUT2D eigenvalue weighted by Gasteiger charge is 2.04. The lowest BCUT2D eigenvalue weighted by molar-refractivity contribution is -0.131. The number of carboxylic acids is 1. The Bertz CT molecular complexity index is 509. The number of nitrogens with one attached hydrogen (secondary N) is 1. The topological polar surface area (TPSA) is 75.6 Å². The van der Waals surface area contributed by atoms with Crippen molar-refractivity contribution >= 4 is 23.6 Å². The number of rotatable bonds is 7. The summed E-state index contributed by atoms with van der Waals surface area (Å²) in [7, 11) is 0. The second kappa shape index (κ2) is 8.12. The lowest BCUT2D eigenvalue weighted by Gasteiger charge is -2.08. The number of ether oxygens (including phenoxy) is 1. The van der Waals surface area contributed by atoms with Gasteiger partial charge in [0.15, 0.2) is 0 Å². The van der Waals surface area contributed by atoms with Crippen molar-refractivity contribution in [2.45, 2.75) is 20.3 Å². The zero-order valence-electron chi connectivity index (χ0n) is 11.7. The van der Waals surface area contributed by atoms with E-state index in [1.165, 1.54) is 6.08 Å². The molecular weight excluding hydrogens is 258 g/mol. The number of carbonyl (C=O) groups excluding carboxylic acids is 1. The molecule has 1 aromatic rings. The van der Waals surface area contributed by atoms with Gasteiger partial charge in [0.05, 0.1) is 0 Å². The van der Waals surface area contributed by atoms with Crippen molar-refractivity contribution in [1.82, 2.24) is 0 Å². The third-order valence-electron chi connectivity index (χ3n) is 2.55. The van der Waals surface area contributed by atoms with Crippen molar-refractivity contribution in [1.29, 1.82) is 0 Å². The molecule has 0 saturated carbocycles. The largest absolute Gasteiger partial charge is 0.478 e. The minimum absolute atomic E-state index is 0.0159. The lowest BCUT2D eigenvalue weighted by Crippen LogP contribution is -2.18. The fourth-order valence-corrected chi connectivity index (χ4v) is 1.57. The van der Waals surface area contributed by atoms with Gasteiger partial charge >= 0.3 is 5.97 Å². The van der Waals surface area contributed by atoms with Crippen LogP contribution >= 0.6 is 0 Å². The molecule has 0 fully saturated rings. The van der Waals surface area contributed by atoms with Gasteiger partial charge in [0.25, 0.3) is 0 Å². The first-order valence-electron chi connectivity index (χ1n) is 6.42. The fourth-order valence-electron chi connectivity index (χ4n) is 1.57. The Labute approximate surface area is 118 Å². The number of anilines is 1. The average Bonchev–Trinajstić information content (AvgIpc) is 2.39. The maximum absolute atomic E-state index is 11.6. The van der Waals surface area contributed by atoms with Crippen molar-refractivity contribution in [2.24, 2.45) is 0 Å². The standard InChI is InChI=1S/C15H19NO4/c1-3-8-20-10-14(17)16-13-6-4-11(2)12(9-13)5-7-15(18)19/h4-7,9H,3,8,10H2,1-2H3,(H,16,17)(H,18,19)/b7-5+. The minimum Gasteiger partial charge on any atom is -0.478 e. The van der Waals surface area contributed by atoms with Gasteiger partial charge in [-0.25, -0.2) is 4.79 Å². The van der Waals surface area contributed by atoms with Crippen molar-refractivity contribution in [3.8, 4) is 0 Å². The molecular formula is C15H19NO4. The molecule has 0 aliphatic heterocycles. The van der Waals surface area contributed by atoms with Crippen LogP contribution in [-0.4, -0.2) is 30.2 Å². The van der Waals surface area contributed by atoms with Crippen LogP contribution in [0.4, 0.5) is 5.69 Å². The summed E-state index contributed by atoms with van der Waals surface area (Å²) >= 11 is 0. The zero-order valence-corrected chi connectivity index (χ0v) is 11.7. The van der Waals surface area contributed by atoms with E-state index in [1.807, 2.05) is 19.9 Å². The minimum atomic E-state index is -1.01. The van der Waals surface area contributed by atoms with E-state index in [-0.39, 0.29) is 12.5 Å². The van der Waals surface area contributed by atoms with Gasteiger partial charge in [-0.2, -0.15) is 0 Å². The van der Waals surface area contributed by atoms with Crippen molar-refractivity contribution in [3.63, 3.8) is 0 Å². The smallest absolute Gasteiger partial charge is 0.328 e. The van der Waals surface area contributed by atoms with E-state index >= 15 is 0 Å². The second-order valence-electron chi connectivity index (χ2n) is 4.34. The van der Waals surface area contributed by atoms with Crippen LogP contribution < -0.4 is 5.32 Å². The molecule has 0 spiro atoms. The average molecular weight is 277 g/mol. The van der Waals surface area contributed by atoms with Crippen LogP contribution in [0.3, 0.4) is 0 Å². The molecule has 2 N–H and O–H groups in total. The summed E-state index contributed by atoms with van der Waals surface area (Å²) in [6.07, 6.45) is 3.43. The molecule has 20 heavy (non-hydrogen) atoms. The van der Waals surface area contributed by atoms with Crippen molar-refractivity contribution in [3.05, 3.63) is 35.4 Å². The number of carboxylic acid groups (broad SMARTS) is 1. The summed E-state index contributed by atoms with van der Waals surface area (Å²) in [6, 6.07) is 5.32. The third kappa shape index (κ3) is 5.67. The van der Waals surface area contributed by atoms with Gasteiger partial charge in [-0.3, -0.25) is 4.79 Å². The normalized spacial score (nSPS) is 10.7. The molecule has 0 bridgehead atoms. The van der Waals surface area contributed by atoms with E-state index in [4.69, 9.17) is 9.84 Å². The first kappa shape index (κ1) is 15.9. The molecule has 1 amide bonds. The number of carbonyl (C=O) groups is 2. The summed E-state index contributed by atoms with van der Waals surface area (Å²) < 4.78 is 5.15. The highest BCUT2D eigenvalue weighted by Crippen LogP contribution is 2.16. The zero-order chi connectivity index (χ0) is 15.0. The number of aliphatic carboxylic acids is 1. The molecule has 1 aromatic carbocycles. The van der Waals surface area contributed by atoms with Gasteiger partial charge < -0.3 is 15.2 Å². The summed E-state index contributed by atoms with van der Waals surface area (Å²) in [6.45, 7) is 4.41. The van der Waals surface area contributed by atoms with Gasteiger partial charge in [-0.05, 0) is 42.7 Å². The Morgan fingerprint density at radius 2 is 2.15 bits per heavy atom. The summed E-state index contributed by atoms with van der Waals surface area (Å²) in [4.78, 5) is 22.1. The number of hydrogen-bond acceptors (Lipinski definition) is 3. The Kier molecular flexibility index (Phi) is 6.46. The molecule has 0 aromatic heterocycles. The number of aryl methyl sites for hydroxylation is 1.